The number of aryl methyl sites for hydroxylation is 1. The number of pyridine rings is 1. The third-order valence-corrected chi connectivity index (χ3v) is 4.67. The molecule has 0 saturated carbocycles. The first-order valence-corrected chi connectivity index (χ1v) is 8.83. The fourth-order valence-electron chi connectivity index (χ4n) is 2.45. The van der Waals surface area contributed by atoms with Crippen molar-refractivity contribution < 1.29 is 4.74 Å². The maximum absolute atomic E-state index is 12.2. The van der Waals surface area contributed by atoms with E-state index in [1.807, 2.05) is 19.1 Å². The maximum atomic E-state index is 12.2. The van der Waals surface area contributed by atoms with E-state index < -0.39 is 0 Å². The van der Waals surface area contributed by atoms with Crippen LogP contribution in [-0.2, 0) is 17.0 Å². The van der Waals surface area contributed by atoms with Crippen LogP contribution in [0.25, 0.3) is 5.65 Å². The maximum Gasteiger partial charge on any atom is 0.343 e. The highest BCUT2D eigenvalue weighted by Gasteiger charge is 2.10. The Bertz CT molecular complexity index is 991. The zero-order chi connectivity index (χ0) is 17.8. The van der Waals surface area contributed by atoms with E-state index in [1.165, 1.54) is 22.2 Å². The van der Waals surface area contributed by atoms with Crippen LogP contribution in [0.15, 0.2) is 39.1 Å². The lowest BCUT2D eigenvalue weighted by molar-refractivity contribution is 0.189. The molecule has 3 aromatic heterocycles. The number of hydrogen-bond donors (Lipinski definition) is 1. The summed E-state index contributed by atoms with van der Waals surface area (Å²) in [7, 11) is 1.62. The van der Waals surface area contributed by atoms with Crippen molar-refractivity contribution in [2.75, 3.05) is 13.7 Å². The Morgan fingerprint density at radius 3 is 2.96 bits per heavy atom. The number of fused-ring (bicyclic) bond motifs is 1. The molecule has 3 aromatic rings. The van der Waals surface area contributed by atoms with E-state index in [0.717, 1.165) is 12.0 Å². The number of ether oxygens (including phenoxy) is 1. The molecule has 1 N–H and O–H groups in total. The van der Waals surface area contributed by atoms with Gasteiger partial charge in [-0.1, -0.05) is 17.8 Å². The van der Waals surface area contributed by atoms with Crippen molar-refractivity contribution in [2.45, 2.75) is 30.8 Å². The number of rotatable bonds is 7. The van der Waals surface area contributed by atoms with Crippen LogP contribution in [0.5, 0.6) is 0 Å². The Hall–Kier alpha value is -2.39. The van der Waals surface area contributed by atoms with Gasteiger partial charge in [0.25, 0.3) is 5.56 Å². The van der Waals surface area contributed by atoms with Gasteiger partial charge in [0, 0.05) is 38.3 Å². The predicted molar refractivity (Wildman–Crippen MR) is 95.1 cm³/mol. The largest absolute Gasteiger partial charge is 0.385 e. The Labute approximate surface area is 147 Å². The molecule has 9 heteroatoms. The zero-order valence-corrected chi connectivity index (χ0v) is 14.9. The number of hydrogen-bond acceptors (Lipinski definition) is 6. The molecule has 0 unspecified atom stereocenters. The molecule has 3 heterocycles. The van der Waals surface area contributed by atoms with Crippen LogP contribution in [0.1, 0.15) is 17.7 Å². The molecule has 0 amide bonds. The van der Waals surface area contributed by atoms with E-state index in [9.17, 15) is 9.59 Å². The highest BCUT2D eigenvalue weighted by Crippen LogP contribution is 2.18. The standard InChI is InChI=1S/C16H19N5O3S/c1-11-4-5-13-17-12(8-14(22)21(13)9-11)10-25-16-19-18-15(23)20(16)6-3-7-24-2/h4-5,8-9H,3,6-7,10H2,1-2H3,(H,18,23). The van der Waals surface area contributed by atoms with Crippen molar-refractivity contribution in [3.63, 3.8) is 0 Å². The molecule has 0 aromatic carbocycles. The molecule has 132 valence electrons. The Kier molecular flexibility index (Phi) is 5.34. The van der Waals surface area contributed by atoms with Crippen molar-refractivity contribution >= 4 is 17.4 Å². The van der Waals surface area contributed by atoms with Crippen molar-refractivity contribution in [1.29, 1.82) is 0 Å². The van der Waals surface area contributed by atoms with Gasteiger partial charge in [0.15, 0.2) is 5.16 Å². The summed E-state index contributed by atoms with van der Waals surface area (Å²) in [5, 5.41) is 7.08. The Morgan fingerprint density at radius 1 is 1.32 bits per heavy atom. The number of H-pyrrole nitrogens is 1. The molecule has 0 saturated heterocycles. The summed E-state index contributed by atoms with van der Waals surface area (Å²) in [6.45, 7) is 3.03. The van der Waals surface area contributed by atoms with Gasteiger partial charge in [-0.25, -0.2) is 14.9 Å². The van der Waals surface area contributed by atoms with Gasteiger partial charge >= 0.3 is 5.69 Å². The number of nitrogens with zero attached hydrogens (tertiary/aromatic N) is 4. The minimum atomic E-state index is -0.249. The molecule has 0 aliphatic carbocycles. The lowest BCUT2D eigenvalue weighted by Crippen LogP contribution is -2.18. The van der Waals surface area contributed by atoms with Crippen LogP contribution in [0.3, 0.4) is 0 Å². The van der Waals surface area contributed by atoms with Crippen LogP contribution < -0.4 is 11.2 Å². The van der Waals surface area contributed by atoms with Gasteiger partial charge in [-0.05, 0) is 25.0 Å². The summed E-state index contributed by atoms with van der Waals surface area (Å²) in [5.41, 5.74) is 1.88. The van der Waals surface area contributed by atoms with E-state index in [0.29, 0.717) is 35.4 Å². The molecule has 0 atom stereocenters. The molecular formula is C16H19N5O3S. The number of nitrogens with one attached hydrogen (secondary N) is 1. The number of aromatic amines is 1. The minimum absolute atomic E-state index is 0.121. The lowest BCUT2D eigenvalue weighted by atomic mass is 10.3. The van der Waals surface area contributed by atoms with Crippen LogP contribution in [0, 0.1) is 6.92 Å². The molecule has 0 fully saturated rings. The second-order valence-electron chi connectivity index (χ2n) is 5.62. The van der Waals surface area contributed by atoms with E-state index >= 15 is 0 Å². The lowest BCUT2D eigenvalue weighted by Gasteiger charge is -2.06. The monoisotopic (exact) mass is 361 g/mol. The van der Waals surface area contributed by atoms with Crippen LogP contribution >= 0.6 is 11.8 Å². The SMILES string of the molecule is COCCCn1c(SCc2cc(=O)n3cc(C)ccc3n2)n[nH]c1=O. The molecule has 8 nitrogen and oxygen atoms in total. The normalized spacial score (nSPS) is 11.3. The fraction of sp³-hybridized carbons (Fsp3) is 0.375. The highest BCUT2D eigenvalue weighted by molar-refractivity contribution is 7.98. The zero-order valence-electron chi connectivity index (χ0n) is 14.1. The third-order valence-electron chi connectivity index (χ3n) is 3.66. The van der Waals surface area contributed by atoms with Crippen LogP contribution in [0.2, 0.25) is 0 Å². The molecule has 0 bridgehead atoms. The minimum Gasteiger partial charge on any atom is -0.385 e. The summed E-state index contributed by atoms with van der Waals surface area (Å²) in [5.74, 6) is 0.453. The molecule has 0 aliphatic rings. The van der Waals surface area contributed by atoms with Gasteiger partial charge in [0.05, 0.1) is 5.69 Å². The van der Waals surface area contributed by atoms with Crippen LogP contribution in [0.4, 0.5) is 0 Å². The summed E-state index contributed by atoms with van der Waals surface area (Å²) in [6.07, 6.45) is 2.49. The van der Waals surface area contributed by atoms with E-state index in [1.54, 1.807) is 17.9 Å². The van der Waals surface area contributed by atoms with Crippen LogP contribution in [-0.4, -0.2) is 37.9 Å². The van der Waals surface area contributed by atoms with Crippen molar-refractivity contribution in [2.24, 2.45) is 0 Å². The second-order valence-corrected chi connectivity index (χ2v) is 6.56. The molecule has 0 radical (unpaired) electrons. The average molecular weight is 361 g/mol. The molecule has 0 aliphatic heterocycles. The van der Waals surface area contributed by atoms with Crippen molar-refractivity contribution in [1.82, 2.24) is 24.1 Å². The average Bonchev–Trinajstić information content (AvgIpc) is 2.94. The molecule has 0 spiro atoms. The van der Waals surface area contributed by atoms with E-state index in [2.05, 4.69) is 15.2 Å². The van der Waals surface area contributed by atoms with E-state index in [-0.39, 0.29) is 11.2 Å². The third kappa shape index (κ3) is 3.99. The van der Waals surface area contributed by atoms with Crippen molar-refractivity contribution in [3.05, 3.63) is 56.5 Å². The first kappa shape index (κ1) is 17.4. The van der Waals surface area contributed by atoms with Gasteiger partial charge in [-0.3, -0.25) is 13.8 Å². The molecule has 25 heavy (non-hydrogen) atoms. The van der Waals surface area contributed by atoms with Gasteiger partial charge in [-0.2, -0.15) is 0 Å². The van der Waals surface area contributed by atoms with Gasteiger partial charge in [-0.15, -0.1) is 5.10 Å². The second kappa shape index (κ2) is 7.66. The highest BCUT2D eigenvalue weighted by atomic mass is 32.2. The molecule has 3 rings (SSSR count). The van der Waals surface area contributed by atoms with Crippen molar-refractivity contribution in [3.8, 4) is 0 Å². The number of aromatic nitrogens is 5. The smallest absolute Gasteiger partial charge is 0.343 e. The Balaban J connectivity index is 1.78. The summed E-state index contributed by atoms with van der Waals surface area (Å²) >= 11 is 1.37. The van der Waals surface area contributed by atoms with Gasteiger partial charge in [0.2, 0.25) is 0 Å². The topological polar surface area (TPSA) is 94.3 Å². The Morgan fingerprint density at radius 2 is 2.16 bits per heavy atom. The quantitative estimate of drug-likeness (QED) is 0.502. The summed E-state index contributed by atoms with van der Waals surface area (Å²) < 4.78 is 8.11. The van der Waals surface area contributed by atoms with Gasteiger partial charge in [0.1, 0.15) is 5.65 Å². The summed E-state index contributed by atoms with van der Waals surface area (Å²) in [4.78, 5) is 28.6. The summed E-state index contributed by atoms with van der Waals surface area (Å²) in [6, 6.07) is 5.25. The number of thioether (sulfide) groups is 1. The first-order chi connectivity index (χ1) is 12.1. The first-order valence-electron chi connectivity index (χ1n) is 7.84. The van der Waals surface area contributed by atoms with Gasteiger partial charge < -0.3 is 4.74 Å². The fourth-order valence-corrected chi connectivity index (χ4v) is 3.31. The van der Waals surface area contributed by atoms with E-state index in [4.69, 9.17) is 4.74 Å². The molecular weight excluding hydrogens is 342 g/mol. The number of methoxy groups -OCH3 is 1. The predicted octanol–water partition coefficient (Wildman–Crippen LogP) is 1.22.